The molecule has 1 aliphatic heterocycles. The van der Waals surface area contributed by atoms with Crippen molar-refractivity contribution in [3.63, 3.8) is 0 Å². The van der Waals surface area contributed by atoms with E-state index < -0.39 is 30.1 Å². The standard InChI is InChI=1S/C28H29ClN10O5/c1-44-28(43)32-17-8-9-18-21(13-17)33-20(27(41)42)5-3-2-4-19(26-35-24(18)25(30)36-26)34-23(40)11-6-15-12-16(29)7-10-22(15)39-14-31-37-38-39/h6-14,19-20,33H,2-5,30H2,1H3,(H,32,43)(H,34,40)(H,35,36)(H,41,42)/b11-6+/t19-,20+/m0/s1. The number of hydrogen-bond acceptors (Lipinski definition) is 10. The predicted molar refractivity (Wildman–Crippen MR) is 162 cm³/mol. The number of anilines is 3. The van der Waals surface area contributed by atoms with Gasteiger partial charge < -0.3 is 31.2 Å². The minimum Gasteiger partial charge on any atom is -0.480 e. The summed E-state index contributed by atoms with van der Waals surface area (Å²) in [5.74, 6) is -0.769. The van der Waals surface area contributed by atoms with Crippen LogP contribution in [0.25, 0.3) is 23.0 Å². The van der Waals surface area contributed by atoms with Gasteiger partial charge in [0, 0.05) is 33.6 Å². The van der Waals surface area contributed by atoms with Crippen LogP contribution in [0.15, 0.2) is 48.8 Å². The summed E-state index contributed by atoms with van der Waals surface area (Å²) in [7, 11) is 1.24. The number of carbonyl (C=O) groups excluding carboxylic acids is 2. The number of nitrogens with one attached hydrogen (secondary N) is 4. The molecule has 0 spiro atoms. The van der Waals surface area contributed by atoms with Crippen LogP contribution in [0.4, 0.5) is 22.0 Å². The molecule has 15 nitrogen and oxygen atoms in total. The zero-order valence-corrected chi connectivity index (χ0v) is 24.2. The SMILES string of the molecule is COC(=O)Nc1ccc2c(c1)N[C@@H](C(=O)O)CCCC[C@H](NC(=O)/C=C/c1cc(Cl)ccc1-n1cnnn1)c1nc-2c(N)[nH]1. The number of hydrogen-bond donors (Lipinski definition) is 6. The molecule has 44 heavy (non-hydrogen) atoms. The number of methoxy groups -OCH3 is 1. The molecule has 1 aliphatic rings. The van der Waals surface area contributed by atoms with E-state index in [0.717, 1.165) is 0 Å². The van der Waals surface area contributed by atoms with E-state index in [4.69, 9.17) is 22.3 Å². The number of nitrogens with zero attached hydrogens (tertiary/aromatic N) is 5. The Hall–Kier alpha value is -5.44. The van der Waals surface area contributed by atoms with E-state index in [2.05, 4.69) is 41.2 Å². The molecule has 0 saturated carbocycles. The molecule has 228 valence electrons. The van der Waals surface area contributed by atoms with Crippen LogP contribution in [0.5, 0.6) is 0 Å². The van der Waals surface area contributed by atoms with Crippen molar-refractivity contribution < 1.29 is 24.2 Å². The van der Waals surface area contributed by atoms with E-state index in [1.54, 1.807) is 42.5 Å². The monoisotopic (exact) mass is 620 g/mol. The quantitative estimate of drug-likeness (QED) is 0.170. The maximum absolute atomic E-state index is 13.2. The predicted octanol–water partition coefficient (Wildman–Crippen LogP) is 3.78. The molecular weight excluding hydrogens is 592 g/mol. The molecule has 16 heteroatoms. The molecule has 2 amide bonds. The van der Waals surface area contributed by atoms with Crippen molar-refractivity contribution in [3.8, 4) is 16.9 Å². The van der Waals surface area contributed by atoms with Crippen LogP contribution in [0, 0.1) is 0 Å². The number of carboxylic acid groups (broad SMARTS) is 1. The number of aliphatic carboxylic acids is 1. The second kappa shape index (κ2) is 13.2. The topological polar surface area (TPSA) is 215 Å². The number of tetrazole rings is 1. The van der Waals surface area contributed by atoms with E-state index >= 15 is 0 Å². The van der Waals surface area contributed by atoms with Gasteiger partial charge in [0.15, 0.2) is 0 Å². The van der Waals surface area contributed by atoms with E-state index in [1.807, 2.05) is 0 Å². The fraction of sp³-hybridized carbons (Fsp3) is 0.250. The molecule has 2 atom stereocenters. The molecule has 2 bridgehead atoms. The highest BCUT2D eigenvalue weighted by molar-refractivity contribution is 6.30. The third-order valence-electron chi connectivity index (χ3n) is 6.97. The first kappa shape index (κ1) is 30.0. The van der Waals surface area contributed by atoms with E-state index in [9.17, 15) is 19.5 Å². The van der Waals surface area contributed by atoms with Crippen molar-refractivity contribution in [1.29, 1.82) is 0 Å². The van der Waals surface area contributed by atoms with Crippen LogP contribution in [0.1, 0.15) is 43.1 Å². The Morgan fingerprint density at radius 2 is 2.00 bits per heavy atom. The number of aromatic amines is 1. The summed E-state index contributed by atoms with van der Waals surface area (Å²) in [5.41, 5.74) is 9.25. The molecule has 2 aromatic heterocycles. The van der Waals surface area contributed by atoms with E-state index in [0.29, 0.717) is 70.4 Å². The van der Waals surface area contributed by atoms with Gasteiger partial charge in [-0.3, -0.25) is 10.1 Å². The molecule has 0 fully saturated rings. The molecule has 3 heterocycles. The molecule has 5 rings (SSSR count). The Kier molecular flexibility index (Phi) is 9.04. The van der Waals surface area contributed by atoms with Crippen LogP contribution in [0.2, 0.25) is 5.02 Å². The summed E-state index contributed by atoms with van der Waals surface area (Å²) in [6.45, 7) is 0. The number of benzene rings is 2. The van der Waals surface area contributed by atoms with Gasteiger partial charge in [-0.05, 0) is 65.7 Å². The Bertz CT molecular complexity index is 1700. The summed E-state index contributed by atoms with van der Waals surface area (Å²) in [6.07, 6.45) is 5.65. The number of ether oxygens (including phenoxy) is 1. The maximum Gasteiger partial charge on any atom is 0.411 e. The van der Waals surface area contributed by atoms with E-state index in [-0.39, 0.29) is 5.82 Å². The van der Waals surface area contributed by atoms with Crippen molar-refractivity contribution in [2.75, 3.05) is 23.5 Å². The van der Waals surface area contributed by atoms with Crippen molar-refractivity contribution in [2.45, 2.75) is 37.8 Å². The Morgan fingerprint density at radius 3 is 2.75 bits per heavy atom. The van der Waals surface area contributed by atoms with Gasteiger partial charge in [-0.15, -0.1) is 5.10 Å². The fourth-order valence-electron chi connectivity index (χ4n) is 4.84. The number of nitrogens with two attached hydrogens (primary N) is 1. The molecule has 4 aromatic rings. The van der Waals surface area contributed by atoms with Crippen molar-refractivity contribution >= 4 is 52.8 Å². The molecule has 0 aliphatic carbocycles. The fourth-order valence-corrected chi connectivity index (χ4v) is 5.02. The Balaban J connectivity index is 1.44. The lowest BCUT2D eigenvalue weighted by Gasteiger charge is -2.21. The van der Waals surface area contributed by atoms with Gasteiger partial charge in [-0.1, -0.05) is 24.4 Å². The lowest BCUT2D eigenvalue weighted by Crippen LogP contribution is -2.30. The number of rotatable bonds is 6. The first-order chi connectivity index (χ1) is 21.2. The van der Waals surface area contributed by atoms with Crippen molar-refractivity contribution in [2.24, 2.45) is 0 Å². The molecule has 2 aromatic carbocycles. The molecule has 0 unspecified atom stereocenters. The van der Waals surface area contributed by atoms with Gasteiger partial charge >= 0.3 is 12.1 Å². The highest BCUT2D eigenvalue weighted by Crippen LogP contribution is 2.36. The molecular formula is C28H29ClN10O5. The highest BCUT2D eigenvalue weighted by Gasteiger charge is 2.25. The number of carboxylic acids is 1. The Morgan fingerprint density at radius 1 is 1.18 bits per heavy atom. The number of imidazole rings is 1. The first-order valence-electron chi connectivity index (χ1n) is 13.6. The third kappa shape index (κ3) is 6.95. The number of H-pyrrole nitrogens is 1. The van der Waals surface area contributed by atoms with E-state index in [1.165, 1.54) is 24.2 Å². The summed E-state index contributed by atoms with van der Waals surface area (Å²) >= 11 is 6.19. The van der Waals surface area contributed by atoms with Gasteiger partial charge in [0.2, 0.25) is 5.91 Å². The lowest BCUT2D eigenvalue weighted by molar-refractivity contribution is -0.138. The number of amides is 2. The maximum atomic E-state index is 13.2. The number of carbonyl (C=O) groups is 3. The minimum atomic E-state index is -1.04. The van der Waals surface area contributed by atoms with Crippen LogP contribution in [-0.4, -0.2) is 66.4 Å². The largest absolute Gasteiger partial charge is 0.480 e. The van der Waals surface area contributed by atoms with Crippen molar-refractivity contribution in [3.05, 3.63) is 65.2 Å². The van der Waals surface area contributed by atoms with Gasteiger partial charge in [0.05, 0.1) is 18.8 Å². The minimum absolute atomic E-state index is 0.225. The first-order valence-corrected chi connectivity index (χ1v) is 13.9. The molecule has 7 N–H and O–H groups in total. The second-order valence-electron chi connectivity index (χ2n) is 9.93. The highest BCUT2D eigenvalue weighted by atomic mass is 35.5. The van der Waals surface area contributed by atoms with Crippen LogP contribution in [-0.2, 0) is 14.3 Å². The average Bonchev–Trinajstić information content (AvgIpc) is 3.67. The summed E-state index contributed by atoms with van der Waals surface area (Å²) in [4.78, 5) is 44.8. The van der Waals surface area contributed by atoms with Gasteiger partial charge in [-0.25, -0.2) is 14.6 Å². The number of nitrogen functional groups attached to an aromatic ring is 1. The summed E-state index contributed by atoms with van der Waals surface area (Å²) in [6, 6.07) is 8.51. The summed E-state index contributed by atoms with van der Waals surface area (Å²) in [5, 5.41) is 30.2. The van der Waals surface area contributed by atoms with Crippen LogP contribution in [0.3, 0.4) is 0 Å². The number of fused-ring (bicyclic) bond motifs is 4. The van der Waals surface area contributed by atoms with Crippen LogP contribution >= 0.6 is 11.6 Å². The summed E-state index contributed by atoms with van der Waals surface area (Å²) < 4.78 is 6.13. The van der Waals surface area contributed by atoms with Crippen LogP contribution < -0.4 is 21.7 Å². The normalized spacial score (nSPS) is 16.6. The van der Waals surface area contributed by atoms with Gasteiger partial charge in [-0.2, -0.15) is 4.68 Å². The average molecular weight is 621 g/mol. The van der Waals surface area contributed by atoms with Gasteiger partial charge in [0.25, 0.3) is 0 Å². The van der Waals surface area contributed by atoms with Crippen molar-refractivity contribution in [1.82, 2.24) is 35.5 Å². The third-order valence-corrected chi connectivity index (χ3v) is 7.20. The molecule has 0 saturated heterocycles. The zero-order chi connectivity index (χ0) is 31.2. The molecule has 0 radical (unpaired) electrons. The van der Waals surface area contributed by atoms with Gasteiger partial charge in [0.1, 0.15) is 29.7 Å². The Labute approximate surface area is 255 Å². The number of halogens is 1. The second-order valence-corrected chi connectivity index (χ2v) is 10.4. The lowest BCUT2D eigenvalue weighted by atomic mass is 10.0. The smallest absolute Gasteiger partial charge is 0.411 e. The number of aromatic nitrogens is 6. The zero-order valence-electron chi connectivity index (χ0n) is 23.5.